The average Bonchev–Trinajstić information content (AvgIpc) is 2.75. The molecule has 3 aromatic carbocycles. The Bertz CT molecular complexity index is 1030. The lowest BCUT2D eigenvalue weighted by Gasteiger charge is -2.18. The van der Waals surface area contributed by atoms with Crippen molar-refractivity contribution in [3.8, 4) is 0 Å². The van der Waals surface area contributed by atoms with Crippen LogP contribution in [0.1, 0.15) is 36.1 Å². The van der Waals surface area contributed by atoms with E-state index in [4.69, 9.17) is 0 Å². The van der Waals surface area contributed by atoms with Crippen molar-refractivity contribution in [2.45, 2.75) is 53.1 Å². The molecule has 0 atom stereocenters. The van der Waals surface area contributed by atoms with Crippen molar-refractivity contribution in [3.63, 3.8) is 0 Å². The molecule has 32 heavy (non-hydrogen) atoms. The Labute approximate surface area is 197 Å². The molecule has 0 bridgehead atoms. The van der Waals surface area contributed by atoms with Crippen molar-refractivity contribution < 1.29 is 0 Å². The normalized spacial score (nSPS) is 13.4. The highest BCUT2D eigenvalue weighted by Gasteiger charge is 2.17. The molecule has 0 aliphatic heterocycles. The molecule has 0 saturated carbocycles. The van der Waals surface area contributed by atoms with Crippen molar-refractivity contribution in [2.24, 2.45) is 0 Å². The van der Waals surface area contributed by atoms with Crippen molar-refractivity contribution >= 4 is 37.7 Å². The molecule has 0 saturated heterocycles. The maximum atomic E-state index is 2.40. The van der Waals surface area contributed by atoms with Crippen molar-refractivity contribution in [1.29, 1.82) is 0 Å². The van der Waals surface area contributed by atoms with E-state index in [0.717, 1.165) is 0 Å². The van der Waals surface area contributed by atoms with Crippen LogP contribution in [0.25, 0.3) is 11.1 Å². The number of allylic oxidation sites excluding steroid dienone is 2. The van der Waals surface area contributed by atoms with E-state index in [1.54, 1.807) is 0 Å². The largest absolute Gasteiger partial charge is 0.0792 e. The molecule has 0 heterocycles. The van der Waals surface area contributed by atoms with Gasteiger partial charge >= 0.3 is 0 Å². The summed E-state index contributed by atoms with van der Waals surface area (Å²) in [5, 5.41) is 3.01. The van der Waals surface area contributed by atoms with Crippen LogP contribution in [0.5, 0.6) is 0 Å². The van der Waals surface area contributed by atoms with E-state index in [1.165, 1.54) is 43.8 Å². The Morgan fingerprint density at radius 1 is 0.500 bits per heavy atom. The van der Waals surface area contributed by atoms with E-state index in [0.29, 0.717) is 0 Å². The fourth-order valence-electron chi connectivity index (χ4n) is 4.15. The van der Waals surface area contributed by atoms with Crippen LogP contribution in [0.2, 0.25) is 39.3 Å². The van der Waals surface area contributed by atoms with Crippen molar-refractivity contribution in [2.75, 3.05) is 0 Å². The molecular formula is C30H38Si2. The highest BCUT2D eigenvalue weighted by atomic mass is 28.3. The lowest BCUT2D eigenvalue weighted by atomic mass is 9.92. The standard InChI is InChI=1S/C30H38Si2/c1-9-29(23-14-18-27(19-15-23)31(3,4)5)25-12-11-13-26(22-25)30(10-2)24-16-20-28(21-17-24)32(6,7)8/h9-22H,1-8H3/b29-9-,30-10+. The highest BCUT2D eigenvalue weighted by molar-refractivity contribution is 6.89. The summed E-state index contributed by atoms with van der Waals surface area (Å²) in [5.41, 5.74) is 7.69. The molecule has 2 heteroatoms. The minimum absolute atomic E-state index is 1.27. The lowest BCUT2D eigenvalue weighted by molar-refractivity contribution is 1.48. The molecule has 0 radical (unpaired) electrons. The highest BCUT2D eigenvalue weighted by Crippen LogP contribution is 2.29. The minimum atomic E-state index is -1.29. The van der Waals surface area contributed by atoms with E-state index in [2.05, 4.69) is 138 Å². The maximum Gasteiger partial charge on any atom is 0.0775 e. The molecule has 0 nitrogen and oxygen atoms in total. The Morgan fingerprint density at radius 3 is 1.12 bits per heavy atom. The molecule has 0 fully saturated rings. The predicted molar refractivity (Wildman–Crippen MR) is 151 cm³/mol. The summed E-state index contributed by atoms with van der Waals surface area (Å²) in [4.78, 5) is 0. The van der Waals surface area contributed by atoms with Crippen molar-refractivity contribution in [1.82, 2.24) is 0 Å². The van der Waals surface area contributed by atoms with Crippen LogP contribution in [0, 0.1) is 0 Å². The third kappa shape index (κ3) is 5.49. The van der Waals surface area contributed by atoms with E-state index < -0.39 is 16.1 Å². The summed E-state index contributed by atoms with van der Waals surface area (Å²) in [6.45, 7) is 18.7. The van der Waals surface area contributed by atoms with Crippen LogP contribution < -0.4 is 10.4 Å². The molecule has 0 aromatic heterocycles. The number of rotatable bonds is 6. The van der Waals surface area contributed by atoms with Crippen LogP contribution >= 0.6 is 0 Å². The summed E-state index contributed by atoms with van der Waals surface area (Å²) in [7, 11) is -2.57. The van der Waals surface area contributed by atoms with Gasteiger partial charge in [0.1, 0.15) is 0 Å². The summed E-state index contributed by atoms with van der Waals surface area (Å²) in [6, 6.07) is 27.5. The molecule has 0 amide bonds. The molecule has 0 unspecified atom stereocenters. The SMILES string of the molecule is C/C=C(/c1ccc([Si](C)(C)C)cc1)c1cccc(/C(=C/C)c2ccc([Si](C)(C)C)cc2)c1. The van der Waals surface area contributed by atoms with Gasteiger partial charge in [0.15, 0.2) is 0 Å². The zero-order chi connectivity index (χ0) is 23.5. The summed E-state index contributed by atoms with van der Waals surface area (Å²) >= 11 is 0. The molecule has 0 spiro atoms. The molecule has 166 valence electrons. The molecule has 0 aliphatic rings. The fraction of sp³-hybridized carbons (Fsp3) is 0.267. The summed E-state index contributed by atoms with van der Waals surface area (Å²) < 4.78 is 0. The topological polar surface area (TPSA) is 0 Å². The second kappa shape index (κ2) is 9.60. The first-order valence-corrected chi connectivity index (χ1v) is 18.7. The van der Waals surface area contributed by atoms with E-state index in [9.17, 15) is 0 Å². The summed E-state index contributed by atoms with van der Waals surface area (Å²) in [5.74, 6) is 0. The smallest absolute Gasteiger partial charge is 0.0775 e. The zero-order valence-electron chi connectivity index (χ0n) is 21.1. The van der Waals surface area contributed by atoms with Gasteiger partial charge in [-0.25, -0.2) is 0 Å². The van der Waals surface area contributed by atoms with Gasteiger partial charge in [0.2, 0.25) is 0 Å². The lowest BCUT2D eigenvalue weighted by Crippen LogP contribution is -2.37. The van der Waals surface area contributed by atoms with Crippen molar-refractivity contribution in [3.05, 3.63) is 107 Å². The molecule has 3 rings (SSSR count). The molecule has 0 N–H and O–H groups in total. The summed E-state index contributed by atoms with van der Waals surface area (Å²) in [6.07, 6.45) is 4.47. The fourth-order valence-corrected chi connectivity index (χ4v) is 6.49. The minimum Gasteiger partial charge on any atom is -0.0792 e. The second-order valence-electron chi connectivity index (χ2n) is 10.6. The first-order valence-electron chi connectivity index (χ1n) is 11.7. The van der Waals surface area contributed by atoms with Gasteiger partial charge in [0, 0.05) is 0 Å². The van der Waals surface area contributed by atoms with E-state index in [1.807, 2.05) is 0 Å². The third-order valence-electron chi connectivity index (χ3n) is 6.19. The first kappa shape index (κ1) is 24.2. The third-order valence-corrected chi connectivity index (χ3v) is 10.3. The number of benzene rings is 3. The molecule has 3 aromatic rings. The van der Waals surface area contributed by atoms with Gasteiger partial charge in [0.25, 0.3) is 0 Å². The van der Waals surface area contributed by atoms with Gasteiger partial charge < -0.3 is 0 Å². The van der Waals surface area contributed by atoms with Gasteiger partial charge in [-0.2, -0.15) is 0 Å². The van der Waals surface area contributed by atoms with Crippen LogP contribution in [0.3, 0.4) is 0 Å². The average molecular weight is 455 g/mol. The maximum absolute atomic E-state index is 2.40. The van der Waals surface area contributed by atoms with Crippen LogP contribution in [0.4, 0.5) is 0 Å². The predicted octanol–water partition coefficient (Wildman–Crippen LogP) is 7.68. The van der Waals surface area contributed by atoms with Gasteiger partial charge in [-0.15, -0.1) is 0 Å². The molecule has 0 aliphatic carbocycles. The zero-order valence-corrected chi connectivity index (χ0v) is 23.1. The van der Waals surface area contributed by atoms with Gasteiger partial charge in [-0.05, 0) is 53.3 Å². The number of hydrogen-bond acceptors (Lipinski definition) is 0. The Kier molecular flexibility index (Phi) is 7.27. The monoisotopic (exact) mass is 454 g/mol. The second-order valence-corrected chi connectivity index (χ2v) is 20.8. The first-order chi connectivity index (χ1) is 15.0. The quantitative estimate of drug-likeness (QED) is 0.335. The Balaban J connectivity index is 1.95. The van der Waals surface area contributed by atoms with Gasteiger partial charge in [0.05, 0.1) is 16.1 Å². The van der Waals surface area contributed by atoms with Crippen LogP contribution in [-0.2, 0) is 0 Å². The van der Waals surface area contributed by atoms with Crippen LogP contribution in [0.15, 0.2) is 84.9 Å². The molecular weight excluding hydrogens is 417 g/mol. The Morgan fingerprint density at radius 2 is 0.844 bits per heavy atom. The Hall–Kier alpha value is -2.43. The number of hydrogen-bond donors (Lipinski definition) is 0. The van der Waals surface area contributed by atoms with Gasteiger partial charge in [-0.3, -0.25) is 0 Å². The van der Waals surface area contributed by atoms with E-state index in [-0.39, 0.29) is 0 Å². The van der Waals surface area contributed by atoms with E-state index >= 15 is 0 Å². The van der Waals surface area contributed by atoms with Crippen LogP contribution in [-0.4, -0.2) is 16.1 Å². The van der Waals surface area contributed by atoms with Gasteiger partial charge in [-0.1, -0.05) is 129 Å².